The van der Waals surface area contributed by atoms with Crippen molar-refractivity contribution in [2.45, 2.75) is 5.16 Å². The van der Waals surface area contributed by atoms with Gasteiger partial charge in [0.05, 0.1) is 12.0 Å². The Morgan fingerprint density at radius 1 is 1.00 bits per heavy atom. The van der Waals surface area contributed by atoms with Crippen LogP contribution < -0.4 is 5.43 Å². The number of hydrogen-bond acceptors (Lipinski definition) is 6. The maximum atomic E-state index is 12.3. The summed E-state index contributed by atoms with van der Waals surface area (Å²) in [5.74, 6) is 0.417. The number of carbonyl (C=O) groups excluding carboxylic acids is 1. The molecule has 10 heteroatoms. The normalized spacial score (nSPS) is 11.1. The van der Waals surface area contributed by atoms with Crippen LogP contribution in [-0.4, -0.2) is 37.7 Å². The topological polar surface area (TPSA) is 92.4 Å². The summed E-state index contributed by atoms with van der Waals surface area (Å²) in [7, 11) is 0. The van der Waals surface area contributed by atoms with E-state index in [-0.39, 0.29) is 17.4 Å². The highest BCUT2D eigenvalue weighted by molar-refractivity contribution is 7.99. The van der Waals surface area contributed by atoms with Gasteiger partial charge in [0.15, 0.2) is 11.0 Å². The van der Waals surface area contributed by atoms with Crippen LogP contribution in [0.2, 0.25) is 10.0 Å². The van der Waals surface area contributed by atoms with E-state index in [1.807, 2.05) is 28.8 Å². The molecule has 3 aromatic carbocycles. The lowest BCUT2D eigenvalue weighted by Crippen LogP contribution is -2.20. The number of rotatable bonds is 7. The van der Waals surface area contributed by atoms with Gasteiger partial charge in [-0.15, -0.1) is 10.2 Å². The highest BCUT2D eigenvalue weighted by Gasteiger charge is 2.17. The van der Waals surface area contributed by atoms with Gasteiger partial charge >= 0.3 is 0 Å². The summed E-state index contributed by atoms with van der Waals surface area (Å²) in [6.07, 6.45) is 1.38. The maximum Gasteiger partial charge on any atom is 0.250 e. The molecular formula is C23H17Cl2N5O2S. The molecular weight excluding hydrogens is 481 g/mol. The van der Waals surface area contributed by atoms with Crippen molar-refractivity contribution in [3.05, 3.63) is 88.4 Å². The summed E-state index contributed by atoms with van der Waals surface area (Å²) in [5.41, 5.74) is 4.57. The maximum absolute atomic E-state index is 12.3. The second kappa shape index (κ2) is 10.5. The van der Waals surface area contributed by atoms with E-state index in [9.17, 15) is 9.90 Å². The highest BCUT2D eigenvalue weighted by Crippen LogP contribution is 2.29. The second-order valence-corrected chi connectivity index (χ2v) is 8.58. The van der Waals surface area contributed by atoms with E-state index in [0.29, 0.717) is 26.6 Å². The number of aromatic hydroxyl groups is 1. The van der Waals surface area contributed by atoms with Crippen molar-refractivity contribution in [1.29, 1.82) is 0 Å². The lowest BCUT2D eigenvalue weighted by atomic mass is 10.2. The average Bonchev–Trinajstić information content (AvgIpc) is 3.24. The second-order valence-electron chi connectivity index (χ2n) is 6.77. The molecule has 0 spiro atoms. The van der Waals surface area contributed by atoms with Crippen LogP contribution in [0.15, 0.2) is 83.1 Å². The zero-order valence-corrected chi connectivity index (χ0v) is 19.3. The number of aromatic nitrogens is 3. The summed E-state index contributed by atoms with van der Waals surface area (Å²) < 4.78 is 1.85. The predicted octanol–water partition coefficient (Wildman–Crippen LogP) is 5.19. The first kappa shape index (κ1) is 22.8. The van der Waals surface area contributed by atoms with E-state index in [2.05, 4.69) is 20.7 Å². The highest BCUT2D eigenvalue weighted by atomic mass is 35.5. The number of amides is 1. The summed E-state index contributed by atoms with van der Waals surface area (Å²) in [5, 5.41) is 24.0. The fourth-order valence-corrected chi connectivity index (χ4v) is 3.90. The number of carbonyl (C=O) groups is 1. The number of benzene rings is 3. The van der Waals surface area contributed by atoms with E-state index in [0.717, 1.165) is 11.3 Å². The third-order valence-electron chi connectivity index (χ3n) is 4.48. The van der Waals surface area contributed by atoms with Gasteiger partial charge in [-0.2, -0.15) is 5.10 Å². The lowest BCUT2D eigenvalue weighted by molar-refractivity contribution is -0.118. The molecule has 2 N–H and O–H groups in total. The number of phenols is 1. The molecule has 33 heavy (non-hydrogen) atoms. The third kappa shape index (κ3) is 5.73. The molecule has 1 heterocycles. The number of nitrogens with one attached hydrogen (secondary N) is 1. The van der Waals surface area contributed by atoms with Gasteiger partial charge in [0.1, 0.15) is 5.75 Å². The quantitative estimate of drug-likeness (QED) is 0.208. The zero-order chi connectivity index (χ0) is 23.2. The molecule has 166 valence electrons. The number of nitrogens with zero attached hydrogens (tertiary/aromatic N) is 4. The van der Waals surface area contributed by atoms with E-state index >= 15 is 0 Å². The van der Waals surface area contributed by atoms with Gasteiger partial charge in [0, 0.05) is 26.9 Å². The van der Waals surface area contributed by atoms with Crippen LogP contribution in [0.25, 0.3) is 17.1 Å². The Morgan fingerprint density at radius 2 is 1.67 bits per heavy atom. The van der Waals surface area contributed by atoms with Gasteiger partial charge in [-0.3, -0.25) is 9.36 Å². The van der Waals surface area contributed by atoms with Crippen molar-refractivity contribution in [2.24, 2.45) is 5.10 Å². The average molecular weight is 498 g/mol. The van der Waals surface area contributed by atoms with Crippen molar-refractivity contribution in [3.63, 3.8) is 0 Å². The van der Waals surface area contributed by atoms with Crippen molar-refractivity contribution < 1.29 is 9.90 Å². The minimum absolute atomic E-state index is 0.0600. The zero-order valence-electron chi connectivity index (χ0n) is 17.0. The van der Waals surface area contributed by atoms with Crippen molar-refractivity contribution >= 4 is 47.1 Å². The number of hydrogen-bond donors (Lipinski definition) is 2. The molecule has 1 aromatic heterocycles. The van der Waals surface area contributed by atoms with Crippen LogP contribution in [-0.2, 0) is 4.79 Å². The van der Waals surface area contributed by atoms with Gasteiger partial charge in [-0.05, 0) is 60.7 Å². The van der Waals surface area contributed by atoms with E-state index in [4.69, 9.17) is 23.2 Å². The van der Waals surface area contributed by atoms with Gasteiger partial charge in [0.2, 0.25) is 0 Å². The van der Waals surface area contributed by atoms with Crippen LogP contribution in [0, 0.1) is 0 Å². The van der Waals surface area contributed by atoms with Crippen molar-refractivity contribution in [2.75, 3.05) is 5.75 Å². The fraction of sp³-hybridized carbons (Fsp3) is 0.0435. The van der Waals surface area contributed by atoms with Crippen LogP contribution >= 0.6 is 35.0 Å². The molecule has 0 aliphatic heterocycles. The molecule has 0 unspecified atom stereocenters. The largest absolute Gasteiger partial charge is 0.507 e. The molecule has 4 rings (SSSR count). The van der Waals surface area contributed by atoms with Crippen molar-refractivity contribution in [1.82, 2.24) is 20.2 Å². The smallest absolute Gasteiger partial charge is 0.250 e. The number of phenolic OH excluding ortho intramolecular Hbond substituents is 1. The van der Waals surface area contributed by atoms with Crippen molar-refractivity contribution in [3.8, 4) is 22.8 Å². The molecule has 0 aliphatic carbocycles. The van der Waals surface area contributed by atoms with Crippen LogP contribution in [0.5, 0.6) is 5.75 Å². The van der Waals surface area contributed by atoms with E-state index in [1.165, 1.54) is 18.0 Å². The van der Waals surface area contributed by atoms with Crippen LogP contribution in [0.4, 0.5) is 0 Å². The van der Waals surface area contributed by atoms with Crippen LogP contribution in [0.1, 0.15) is 5.56 Å². The molecule has 0 aliphatic rings. The molecule has 0 atom stereocenters. The molecule has 0 saturated carbocycles. The summed E-state index contributed by atoms with van der Waals surface area (Å²) in [4.78, 5) is 12.3. The Labute approximate surface area is 204 Å². The van der Waals surface area contributed by atoms with Gasteiger partial charge in [0.25, 0.3) is 5.91 Å². The monoisotopic (exact) mass is 497 g/mol. The summed E-state index contributed by atoms with van der Waals surface area (Å²) >= 11 is 13.3. The Bertz CT molecular complexity index is 1290. The molecule has 1 amide bonds. The first-order valence-electron chi connectivity index (χ1n) is 9.71. The lowest BCUT2D eigenvalue weighted by Gasteiger charge is -2.10. The molecule has 0 saturated heterocycles. The summed E-state index contributed by atoms with van der Waals surface area (Å²) in [6, 6.07) is 21.2. The first-order valence-corrected chi connectivity index (χ1v) is 11.5. The summed E-state index contributed by atoms with van der Waals surface area (Å²) in [6.45, 7) is 0. The third-order valence-corrected chi connectivity index (χ3v) is 5.92. The Morgan fingerprint density at radius 3 is 2.36 bits per heavy atom. The number of hydrazone groups is 1. The predicted molar refractivity (Wildman–Crippen MR) is 131 cm³/mol. The molecule has 0 bridgehead atoms. The minimum Gasteiger partial charge on any atom is -0.507 e. The molecule has 7 nitrogen and oxygen atoms in total. The Hall–Kier alpha value is -3.33. The standard InChI is InChI=1S/C23H17Cl2N5O2S/c24-17-7-5-15(6-8-17)22-28-29-23(30(22)19-11-9-18(25)10-12-19)33-14-21(32)27-26-13-16-3-1-2-4-20(16)31/h1-13,31H,14H2,(H,27,32)/b26-13-. The number of halogens is 2. The number of para-hydroxylation sites is 1. The van der Waals surface area contributed by atoms with E-state index < -0.39 is 0 Å². The minimum atomic E-state index is -0.328. The van der Waals surface area contributed by atoms with Gasteiger partial charge in [-0.25, -0.2) is 5.43 Å². The van der Waals surface area contributed by atoms with Gasteiger partial charge in [-0.1, -0.05) is 47.1 Å². The molecule has 4 aromatic rings. The fourth-order valence-electron chi connectivity index (χ4n) is 2.91. The van der Waals surface area contributed by atoms with E-state index in [1.54, 1.807) is 48.5 Å². The van der Waals surface area contributed by atoms with Crippen LogP contribution in [0.3, 0.4) is 0 Å². The molecule has 0 fully saturated rings. The molecule has 0 radical (unpaired) electrons. The van der Waals surface area contributed by atoms with Gasteiger partial charge < -0.3 is 5.11 Å². The number of thioether (sulfide) groups is 1. The first-order chi connectivity index (χ1) is 16.0. The Balaban J connectivity index is 1.52. The Kier molecular flexibility index (Phi) is 7.29. The SMILES string of the molecule is O=C(CSc1nnc(-c2ccc(Cl)cc2)n1-c1ccc(Cl)cc1)N/N=C\c1ccccc1O.